The second kappa shape index (κ2) is 6.70. The zero-order chi connectivity index (χ0) is 12.7. The summed E-state index contributed by atoms with van der Waals surface area (Å²) in [4.78, 5) is 11.5. The summed E-state index contributed by atoms with van der Waals surface area (Å²) in [5.41, 5.74) is 0.896. The van der Waals surface area contributed by atoms with Gasteiger partial charge in [0.15, 0.2) is 0 Å². The van der Waals surface area contributed by atoms with E-state index in [1.807, 2.05) is 6.07 Å². The average molecular weight is 292 g/mol. The fraction of sp³-hybridized carbons (Fsp3) is 0.167. The summed E-state index contributed by atoms with van der Waals surface area (Å²) in [5.74, 6) is 2.13. The van der Waals surface area contributed by atoms with Gasteiger partial charge in [0.1, 0.15) is 6.07 Å². The van der Waals surface area contributed by atoms with Crippen molar-refractivity contribution in [2.75, 3.05) is 18.4 Å². The van der Waals surface area contributed by atoms with E-state index in [1.54, 1.807) is 18.2 Å². The number of hydrogen-bond donors (Lipinski definition) is 2. The molecular formula is C12H10BrN3O. The number of carbonyl (C=O) groups excluding carboxylic acids is 1. The fourth-order valence-electron chi connectivity index (χ4n) is 1.16. The van der Waals surface area contributed by atoms with Crippen LogP contribution in [0, 0.1) is 23.7 Å². The molecule has 0 aromatic heterocycles. The van der Waals surface area contributed by atoms with Gasteiger partial charge in [0.05, 0.1) is 24.3 Å². The molecule has 0 heterocycles. The second-order valence-corrected chi connectivity index (χ2v) is 4.07. The van der Waals surface area contributed by atoms with Crippen molar-refractivity contribution in [3.05, 3.63) is 28.2 Å². The number of nitrogens with zero attached hydrogens (tertiary/aromatic N) is 1. The lowest BCUT2D eigenvalue weighted by Crippen LogP contribution is -2.28. The van der Waals surface area contributed by atoms with Crippen LogP contribution in [0.3, 0.4) is 0 Å². The van der Waals surface area contributed by atoms with E-state index in [4.69, 9.17) is 11.7 Å². The molecule has 0 radical (unpaired) electrons. The molecule has 0 aliphatic rings. The number of halogens is 1. The van der Waals surface area contributed by atoms with Crippen molar-refractivity contribution in [3.8, 4) is 18.4 Å². The van der Waals surface area contributed by atoms with Gasteiger partial charge >= 0.3 is 0 Å². The first-order valence-corrected chi connectivity index (χ1v) is 5.60. The molecule has 1 aromatic carbocycles. The molecule has 0 aliphatic carbocycles. The lowest BCUT2D eigenvalue weighted by Gasteiger charge is -2.07. The molecule has 0 atom stereocenters. The van der Waals surface area contributed by atoms with E-state index < -0.39 is 0 Å². The Bertz CT molecular complexity index is 499. The van der Waals surface area contributed by atoms with Gasteiger partial charge in [-0.2, -0.15) is 5.26 Å². The largest absolute Gasteiger partial charge is 0.324 e. The van der Waals surface area contributed by atoms with Gasteiger partial charge in [-0.25, -0.2) is 0 Å². The summed E-state index contributed by atoms with van der Waals surface area (Å²) in [5, 5.41) is 14.3. The van der Waals surface area contributed by atoms with E-state index in [9.17, 15) is 4.79 Å². The molecule has 0 aliphatic heterocycles. The fourth-order valence-corrected chi connectivity index (χ4v) is 1.52. The molecule has 0 unspecified atom stereocenters. The van der Waals surface area contributed by atoms with E-state index >= 15 is 0 Å². The Morgan fingerprint density at radius 1 is 1.53 bits per heavy atom. The van der Waals surface area contributed by atoms with Crippen molar-refractivity contribution in [1.29, 1.82) is 5.26 Å². The van der Waals surface area contributed by atoms with Crippen molar-refractivity contribution < 1.29 is 4.79 Å². The van der Waals surface area contributed by atoms with Gasteiger partial charge in [0, 0.05) is 4.47 Å². The van der Waals surface area contributed by atoms with Crippen LogP contribution in [0.2, 0.25) is 0 Å². The molecular weight excluding hydrogens is 282 g/mol. The zero-order valence-corrected chi connectivity index (χ0v) is 10.5. The van der Waals surface area contributed by atoms with Crippen LogP contribution in [0.15, 0.2) is 22.7 Å². The van der Waals surface area contributed by atoms with Crippen LogP contribution in [0.1, 0.15) is 5.56 Å². The van der Waals surface area contributed by atoms with Gasteiger partial charge < -0.3 is 5.32 Å². The van der Waals surface area contributed by atoms with E-state index in [1.165, 1.54) is 0 Å². The van der Waals surface area contributed by atoms with Gasteiger partial charge in [-0.15, -0.1) is 6.42 Å². The lowest BCUT2D eigenvalue weighted by molar-refractivity contribution is -0.115. The minimum atomic E-state index is -0.237. The van der Waals surface area contributed by atoms with Gasteiger partial charge in [-0.1, -0.05) is 21.9 Å². The lowest BCUT2D eigenvalue weighted by atomic mass is 10.2. The van der Waals surface area contributed by atoms with Crippen molar-refractivity contribution in [3.63, 3.8) is 0 Å². The third kappa shape index (κ3) is 4.28. The number of amides is 1. The van der Waals surface area contributed by atoms with E-state index in [2.05, 4.69) is 32.5 Å². The standard InChI is InChI=1S/C12H10BrN3O/c1-2-5-15-8-12(17)16-11-4-3-10(13)6-9(11)7-14/h1,3-4,6,15H,5,8H2,(H,16,17). The third-order valence-corrected chi connectivity index (χ3v) is 2.38. The number of terminal acetylenes is 1. The molecule has 17 heavy (non-hydrogen) atoms. The van der Waals surface area contributed by atoms with Gasteiger partial charge in [-0.3, -0.25) is 10.1 Å². The highest BCUT2D eigenvalue weighted by atomic mass is 79.9. The number of nitrogens with one attached hydrogen (secondary N) is 2. The van der Waals surface area contributed by atoms with Crippen molar-refractivity contribution in [2.45, 2.75) is 0 Å². The van der Waals surface area contributed by atoms with E-state index in [-0.39, 0.29) is 12.5 Å². The molecule has 0 saturated heterocycles. The molecule has 1 amide bonds. The summed E-state index contributed by atoms with van der Waals surface area (Å²) < 4.78 is 0.789. The molecule has 2 N–H and O–H groups in total. The molecule has 1 aromatic rings. The van der Waals surface area contributed by atoms with Crippen molar-refractivity contribution in [1.82, 2.24) is 5.32 Å². The maximum absolute atomic E-state index is 11.5. The maximum Gasteiger partial charge on any atom is 0.238 e. The maximum atomic E-state index is 11.5. The number of carbonyl (C=O) groups is 1. The number of hydrogen-bond acceptors (Lipinski definition) is 3. The quantitative estimate of drug-likeness (QED) is 0.652. The predicted octanol–water partition coefficient (Wildman–Crippen LogP) is 1.48. The van der Waals surface area contributed by atoms with E-state index in [0.29, 0.717) is 17.8 Å². The molecule has 0 spiro atoms. The number of nitriles is 1. The normalized spacial score (nSPS) is 9.12. The number of benzene rings is 1. The zero-order valence-electron chi connectivity index (χ0n) is 8.96. The topological polar surface area (TPSA) is 64.9 Å². The van der Waals surface area contributed by atoms with Crippen molar-refractivity contribution >= 4 is 27.5 Å². The Hall–Kier alpha value is -1.82. The Balaban J connectivity index is 2.66. The average Bonchev–Trinajstić information content (AvgIpc) is 2.32. The first-order chi connectivity index (χ1) is 8.17. The Kier molecular flexibility index (Phi) is 5.22. The van der Waals surface area contributed by atoms with Crippen LogP contribution in [0.25, 0.3) is 0 Å². The van der Waals surface area contributed by atoms with Gasteiger partial charge in [0.2, 0.25) is 5.91 Å². The first-order valence-electron chi connectivity index (χ1n) is 4.81. The molecule has 86 valence electrons. The Labute approximate surface area is 108 Å². The molecule has 0 saturated carbocycles. The highest BCUT2D eigenvalue weighted by Gasteiger charge is 2.06. The van der Waals surface area contributed by atoms with Gasteiger partial charge in [0.25, 0.3) is 0 Å². The third-order valence-electron chi connectivity index (χ3n) is 1.89. The smallest absolute Gasteiger partial charge is 0.238 e. The van der Waals surface area contributed by atoms with Crippen LogP contribution in [-0.4, -0.2) is 19.0 Å². The molecule has 5 heteroatoms. The highest BCUT2D eigenvalue weighted by molar-refractivity contribution is 9.10. The van der Waals surface area contributed by atoms with Crippen LogP contribution in [0.4, 0.5) is 5.69 Å². The molecule has 4 nitrogen and oxygen atoms in total. The summed E-state index contributed by atoms with van der Waals surface area (Å²) in [7, 11) is 0. The molecule has 0 fully saturated rings. The monoisotopic (exact) mass is 291 g/mol. The SMILES string of the molecule is C#CCNCC(=O)Nc1ccc(Br)cc1C#N. The summed E-state index contributed by atoms with van der Waals surface area (Å²) >= 11 is 3.26. The van der Waals surface area contributed by atoms with Crippen LogP contribution in [0.5, 0.6) is 0 Å². The predicted molar refractivity (Wildman–Crippen MR) is 69.2 cm³/mol. The minimum Gasteiger partial charge on any atom is -0.324 e. The summed E-state index contributed by atoms with van der Waals surface area (Å²) in [6.07, 6.45) is 5.04. The minimum absolute atomic E-state index is 0.116. The number of anilines is 1. The van der Waals surface area contributed by atoms with Crippen LogP contribution in [-0.2, 0) is 4.79 Å². The van der Waals surface area contributed by atoms with Crippen LogP contribution >= 0.6 is 15.9 Å². The summed E-state index contributed by atoms with van der Waals surface area (Å²) in [6.45, 7) is 0.448. The van der Waals surface area contributed by atoms with Crippen molar-refractivity contribution in [2.24, 2.45) is 0 Å². The summed E-state index contributed by atoms with van der Waals surface area (Å²) in [6, 6.07) is 7.08. The van der Waals surface area contributed by atoms with Gasteiger partial charge in [-0.05, 0) is 18.2 Å². The van der Waals surface area contributed by atoms with E-state index in [0.717, 1.165) is 4.47 Å². The highest BCUT2D eigenvalue weighted by Crippen LogP contribution is 2.19. The molecule has 1 rings (SSSR count). The first kappa shape index (κ1) is 13.2. The second-order valence-electron chi connectivity index (χ2n) is 3.16. The van der Waals surface area contributed by atoms with Crippen LogP contribution < -0.4 is 10.6 Å². The Morgan fingerprint density at radius 2 is 2.29 bits per heavy atom. The Morgan fingerprint density at radius 3 is 2.94 bits per heavy atom. The molecule has 0 bridgehead atoms. The number of rotatable bonds is 4.